The normalized spacial score (nSPS) is 31.2. The summed E-state index contributed by atoms with van der Waals surface area (Å²) >= 11 is 0. The molecule has 0 aromatic heterocycles. The van der Waals surface area contributed by atoms with E-state index in [1.807, 2.05) is 4.90 Å². The first-order valence-corrected chi connectivity index (χ1v) is 6.35. The van der Waals surface area contributed by atoms with Gasteiger partial charge in [0, 0.05) is 25.7 Å². The van der Waals surface area contributed by atoms with E-state index in [1.165, 1.54) is 0 Å². The molecule has 0 aromatic rings. The number of rotatable bonds is 2. The van der Waals surface area contributed by atoms with Crippen molar-refractivity contribution in [2.45, 2.75) is 30.8 Å². The number of carbonyl (C=O) groups excluding carboxylic acids is 1. The zero-order valence-corrected chi connectivity index (χ0v) is 10.8. The number of amides is 1. The number of ether oxygens (including phenoxy) is 1. The van der Waals surface area contributed by atoms with E-state index in [-0.39, 0.29) is 5.91 Å². The van der Waals surface area contributed by atoms with Crippen LogP contribution in [0, 0.1) is 0 Å². The Morgan fingerprint density at radius 3 is 2.53 bits per heavy atom. The average Bonchev–Trinajstić information content (AvgIpc) is 2.76. The van der Waals surface area contributed by atoms with E-state index < -0.39 is 5.54 Å². The van der Waals surface area contributed by atoms with Gasteiger partial charge in [-0.2, -0.15) is 0 Å². The number of likely N-dealkylation sites (tertiary alicyclic amines) is 1. The van der Waals surface area contributed by atoms with Gasteiger partial charge in [0.05, 0.1) is 6.61 Å². The lowest BCUT2D eigenvalue weighted by atomic mass is 9.95. The summed E-state index contributed by atoms with van der Waals surface area (Å²) in [5.74, 6) is 0.0761. The van der Waals surface area contributed by atoms with Gasteiger partial charge in [0.25, 0.3) is 0 Å². The highest BCUT2D eigenvalue weighted by Crippen LogP contribution is 2.22. The number of carbonyl (C=O) groups is 1. The third-order valence-corrected chi connectivity index (χ3v) is 3.96. The van der Waals surface area contributed by atoms with E-state index >= 15 is 0 Å². The summed E-state index contributed by atoms with van der Waals surface area (Å²) < 4.78 is 5.25. The summed E-state index contributed by atoms with van der Waals surface area (Å²) in [6.07, 6.45) is 2.73. The van der Waals surface area contributed by atoms with Gasteiger partial charge in [0.2, 0.25) is 5.91 Å². The molecule has 1 amide bonds. The molecule has 2 saturated heterocycles. The van der Waals surface area contributed by atoms with Crippen LogP contribution in [-0.2, 0) is 9.53 Å². The van der Waals surface area contributed by atoms with Gasteiger partial charge in [-0.3, -0.25) is 4.79 Å². The van der Waals surface area contributed by atoms with Crippen LogP contribution in [0.25, 0.3) is 0 Å². The van der Waals surface area contributed by atoms with Crippen LogP contribution in [-0.4, -0.2) is 67.7 Å². The molecule has 2 aliphatic heterocycles. The maximum absolute atomic E-state index is 12.3. The molecular weight excluding hydrogens is 218 g/mol. The second-order valence-corrected chi connectivity index (χ2v) is 5.45. The molecule has 2 N–H and O–H groups in total. The van der Waals surface area contributed by atoms with E-state index in [0.717, 1.165) is 25.9 Å². The molecule has 1 unspecified atom stereocenters. The molecule has 0 bridgehead atoms. The SMILES string of the molecule is CN(C)C1CCN(C(=O)C2(N)CCOC2)CC1. The number of nitrogens with two attached hydrogens (primary N) is 1. The van der Waals surface area contributed by atoms with Crippen molar-refractivity contribution in [3.63, 3.8) is 0 Å². The maximum Gasteiger partial charge on any atom is 0.245 e. The third kappa shape index (κ3) is 2.61. The Morgan fingerprint density at radius 2 is 2.06 bits per heavy atom. The van der Waals surface area contributed by atoms with Crippen molar-refractivity contribution in [1.82, 2.24) is 9.80 Å². The Balaban J connectivity index is 1.90. The Bertz CT molecular complexity index is 279. The maximum atomic E-state index is 12.3. The van der Waals surface area contributed by atoms with E-state index in [4.69, 9.17) is 10.5 Å². The first kappa shape index (κ1) is 12.8. The fraction of sp³-hybridized carbons (Fsp3) is 0.917. The van der Waals surface area contributed by atoms with Gasteiger partial charge in [0.1, 0.15) is 5.54 Å². The van der Waals surface area contributed by atoms with Crippen LogP contribution >= 0.6 is 0 Å². The summed E-state index contributed by atoms with van der Waals surface area (Å²) in [7, 11) is 4.19. The molecule has 1 atom stereocenters. The Kier molecular flexibility index (Phi) is 3.70. The van der Waals surface area contributed by atoms with E-state index in [0.29, 0.717) is 25.7 Å². The minimum absolute atomic E-state index is 0.0761. The molecule has 0 radical (unpaired) electrons. The summed E-state index contributed by atoms with van der Waals surface area (Å²) in [5, 5.41) is 0. The van der Waals surface area contributed by atoms with Gasteiger partial charge in [-0.25, -0.2) is 0 Å². The first-order valence-electron chi connectivity index (χ1n) is 6.35. The minimum atomic E-state index is -0.759. The quantitative estimate of drug-likeness (QED) is 0.718. The fourth-order valence-electron chi connectivity index (χ4n) is 2.65. The second kappa shape index (κ2) is 4.92. The van der Waals surface area contributed by atoms with E-state index in [2.05, 4.69) is 19.0 Å². The van der Waals surface area contributed by atoms with Crippen LogP contribution in [0.3, 0.4) is 0 Å². The van der Waals surface area contributed by atoms with Crippen LogP contribution in [0.5, 0.6) is 0 Å². The topological polar surface area (TPSA) is 58.8 Å². The van der Waals surface area contributed by atoms with Crippen LogP contribution < -0.4 is 5.73 Å². The smallest absolute Gasteiger partial charge is 0.245 e. The fourth-order valence-corrected chi connectivity index (χ4v) is 2.65. The molecule has 0 saturated carbocycles. The molecule has 0 spiro atoms. The van der Waals surface area contributed by atoms with Gasteiger partial charge >= 0.3 is 0 Å². The highest BCUT2D eigenvalue weighted by Gasteiger charge is 2.41. The van der Waals surface area contributed by atoms with Gasteiger partial charge in [-0.1, -0.05) is 0 Å². The zero-order valence-electron chi connectivity index (χ0n) is 10.8. The highest BCUT2D eigenvalue weighted by molar-refractivity contribution is 5.86. The Hall–Kier alpha value is -0.650. The first-order chi connectivity index (χ1) is 8.03. The van der Waals surface area contributed by atoms with Crippen LogP contribution in [0.15, 0.2) is 0 Å². The van der Waals surface area contributed by atoms with Crippen molar-refractivity contribution in [2.24, 2.45) is 5.73 Å². The Labute approximate surface area is 103 Å². The molecule has 17 heavy (non-hydrogen) atoms. The lowest BCUT2D eigenvalue weighted by Crippen LogP contribution is -2.58. The minimum Gasteiger partial charge on any atom is -0.379 e. The molecule has 2 fully saturated rings. The Morgan fingerprint density at radius 1 is 1.41 bits per heavy atom. The molecule has 0 aromatic carbocycles. The van der Waals surface area contributed by atoms with Crippen molar-refractivity contribution in [2.75, 3.05) is 40.4 Å². The van der Waals surface area contributed by atoms with Gasteiger partial charge < -0.3 is 20.3 Å². The monoisotopic (exact) mass is 241 g/mol. The highest BCUT2D eigenvalue weighted by atomic mass is 16.5. The lowest BCUT2D eigenvalue weighted by Gasteiger charge is -2.38. The molecule has 2 rings (SSSR count). The number of hydrogen-bond donors (Lipinski definition) is 1. The van der Waals surface area contributed by atoms with Gasteiger partial charge in [-0.05, 0) is 33.4 Å². The van der Waals surface area contributed by atoms with Crippen molar-refractivity contribution >= 4 is 5.91 Å². The average molecular weight is 241 g/mol. The summed E-state index contributed by atoms with van der Waals surface area (Å²) in [6.45, 7) is 2.62. The van der Waals surface area contributed by atoms with Crippen molar-refractivity contribution < 1.29 is 9.53 Å². The predicted molar refractivity (Wildman–Crippen MR) is 65.6 cm³/mol. The summed E-state index contributed by atoms with van der Waals surface area (Å²) in [5.41, 5.74) is 5.34. The predicted octanol–water partition coefficient (Wildman–Crippen LogP) is -0.343. The zero-order chi connectivity index (χ0) is 12.5. The van der Waals surface area contributed by atoms with E-state index in [1.54, 1.807) is 0 Å². The van der Waals surface area contributed by atoms with Crippen molar-refractivity contribution in [3.05, 3.63) is 0 Å². The molecule has 2 aliphatic rings. The molecule has 5 heteroatoms. The standard InChI is InChI=1S/C12H23N3O2/c1-14(2)10-3-6-15(7-4-10)11(16)12(13)5-8-17-9-12/h10H,3-9,13H2,1-2H3. The summed E-state index contributed by atoms with van der Waals surface area (Å²) in [4.78, 5) is 16.5. The second-order valence-electron chi connectivity index (χ2n) is 5.45. The van der Waals surface area contributed by atoms with Crippen molar-refractivity contribution in [3.8, 4) is 0 Å². The molecular formula is C12H23N3O2. The van der Waals surface area contributed by atoms with Crippen LogP contribution in [0.1, 0.15) is 19.3 Å². The number of hydrogen-bond acceptors (Lipinski definition) is 4. The lowest BCUT2D eigenvalue weighted by molar-refractivity contribution is -0.138. The molecule has 98 valence electrons. The molecule has 5 nitrogen and oxygen atoms in total. The van der Waals surface area contributed by atoms with Crippen molar-refractivity contribution in [1.29, 1.82) is 0 Å². The number of nitrogens with zero attached hydrogens (tertiary/aromatic N) is 2. The third-order valence-electron chi connectivity index (χ3n) is 3.96. The van der Waals surface area contributed by atoms with Gasteiger partial charge in [-0.15, -0.1) is 0 Å². The largest absolute Gasteiger partial charge is 0.379 e. The number of piperidine rings is 1. The van der Waals surface area contributed by atoms with Crippen LogP contribution in [0.4, 0.5) is 0 Å². The molecule has 0 aliphatic carbocycles. The van der Waals surface area contributed by atoms with Gasteiger partial charge in [0.15, 0.2) is 0 Å². The molecule has 2 heterocycles. The van der Waals surface area contributed by atoms with Crippen LogP contribution in [0.2, 0.25) is 0 Å². The summed E-state index contributed by atoms with van der Waals surface area (Å²) in [6, 6.07) is 0.590. The van der Waals surface area contributed by atoms with E-state index in [9.17, 15) is 4.79 Å².